The Labute approximate surface area is 146 Å². The number of imidazole rings is 1. The van der Waals surface area contributed by atoms with Crippen molar-refractivity contribution in [3.8, 4) is 0 Å². The summed E-state index contributed by atoms with van der Waals surface area (Å²) in [6.07, 6.45) is 11.2. The van der Waals surface area contributed by atoms with Gasteiger partial charge in [-0.15, -0.1) is 0 Å². The highest BCUT2D eigenvalue weighted by Crippen LogP contribution is 2.26. The van der Waals surface area contributed by atoms with E-state index in [0.717, 1.165) is 25.0 Å². The van der Waals surface area contributed by atoms with E-state index in [1.54, 1.807) is 25.1 Å². The second kappa shape index (κ2) is 6.31. The lowest BCUT2D eigenvalue weighted by atomic mass is 10.0. The zero-order valence-corrected chi connectivity index (χ0v) is 14.2. The average Bonchev–Trinajstić information content (AvgIpc) is 3.03. The van der Waals surface area contributed by atoms with Crippen molar-refractivity contribution in [1.29, 1.82) is 0 Å². The van der Waals surface area contributed by atoms with Crippen molar-refractivity contribution >= 4 is 11.6 Å². The van der Waals surface area contributed by atoms with Crippen LogP contribution < -0.4 is 4.90 Å². The molecule has 0 fully saturated rings. The van der Waals surface area contributed by atoms with E-state index in [-0.39, 0.29) is 11.7 Å². The Bertz CT molecular complexity index is 894. The van der Waals surface area contributed by atoms with Gasteiger partial charge in [0, 0.05) is 25.7 Å². The van der Waals surface area contributed by atoms with Crippen molar-refractivity contribution in [3.63, 3.8) is 0 Å². The van der Waals surface area contributed by atoms with E-state index in [9.17, 15) is 9.18 Å². The summed E-state index contributed by atoms with van der Waals surface area (Å²) < 4.78 is 16.3. The van der Waals surface area contributed by atoms with Crippen molar-refractivity contribution in [2.45, 2.75) is 32.7 Å². The first kappa shape index (κ1) is 15.8. The van der Waals surface area contributed by atoms with Crippen LogP contribution in [-0.2, 0) is 13.0 Å². The Hall–Kier alpha value is -2.69. The number of carbonyl (C=O) groups is 1. The number of fused-ring (bicyclic) bond motifs is 1. The summed E-state index contributed by atoms with van der Waals surface area (Å²) >= 11 is 0. The van der Waals surface area contributed by atoms with E-state index in [1.165, 1.54) is 10.5 Å². The number of aromatic nitrogens is 2. The van der Waals surface area contributed by atoms with Crippen LogP contribution in [0, 0.1) is 12.7 Å². The number of amides is 1. The molecule has 2 heterocycles. The SMILES string of the molecule is Cc1cccc(N2CCn3cc(CC4=CC=CCC4)nc3C2=O)c1F. The average molecular weight is 337 g/mol. The van der Waals surface area contributed by atoms with Gasteiger partial charge in [0.1, 0.15) is 5.82 Å². The zero-order valence-electron chi connectivity index (χ0n) is 14.2. The molecule has 4 nitrogen and oxygen atoms in total. The molecule has 0 unspecified atom stereocenters. The topological polar surface area (TPSA) is 38.1 Å². The van der Waals surface area contributed by atoms with Crippen LogP contribution in [0.3, 0.4) is 0 Å². The maximum atomic E-state index is 14.4. The standard InChI is InChI=1S/C20H20FN3O/c1-14-6-5-9-17(18(14)21)24-11-10-23-13-16(22-19(23)20(24)25)12-15-7-3-2-4-8-15/h2-3,5-7,9,13H,4,8,10-12H2,1H3. The van der Waals surface area contributed by atoms with E-state index in [4.69, 9.17) is 0 Å². The van der Waals surface area contributed by atoms with Crippen LogP contribution in [0.4, 0.5) is 10.1 Å². The molecule has 128 valence electrons. The zero-order chi connectivity index (χ0) is 17.4. The van der Waals surface area contributed by atoms with Crippen molar-refractivity contribution < 1.29 is 9.18 Å². The number of aryl methyl sites for hydroxylation is 1. The molecule has 0 spiro atoms. The first-order chi connectivity index (χ1) is 12.1. The molecule has 0 radical (unpaired) electrons. The van der Waals surface area contributed by atoms with Crippen LogP contribution in [-0.4, -0.2) is 22.0 Å². The molecule has 1 aromatic carbocycles. The van der Waals surface area contributed by atoms with Crippen molar-refractivity contribution in [3.05, 3.63) is 71.1 Å². The molecule has 1 amide bonds. The third-order valence-electron chi connectivity index (χ3n) is 4.80. The summed E-state index contributed by atoms with van der Waals surface area (Å²) in [4.78, 5) is 18.9. The summed E-state index contributed by atoms with van der Waals surface area (Å²) in [6.45, 7) is 2.78. The van der Waals surface area contributed by atoms with Gasteiger partial charge in [-0.2, -0.15) is 0 Å². The van der Waals surface area contributed by atoms with Gasteiger partial charge in [-0.1, -0.05) is 35.9 Å². The summed E-state index contributed by atoms with van der Waals surface area (Å²) in [7, 11) is 0. The Morgan fingerprint density at radius 1 is 1.28 bits per heavy atom. The third kappa shape index (κ3) is 2.90. The van der Waals surface area contributed by atoms with E-state index in [2.05, 4.69) is 23.2 Å². The minimum atomic E-state index is -0.338. The summed E-state index contributed by atoms with van der Waals surface area (Å²) in [5.74, 6) is -0.177. The van der Waals surface area contributed by atoms with E-state index in [0.29, 0.717) is 30.2 Å². The van der Waals surface area contributed by atoms with Gasteiger partial charge in [0.2, 0.25) is 0 Å². The fourth-order valence-electron chi connectivity index (χ4n) is 3.43. The van der Waals surface area contributed by atoms with Gasteiger partial charge in [0.15, 0.2) is 5.82 Å². The number of carbonyl (C=O) groups excluding carboxylic acids is 1. The molecule has 2 aliphatic rings. The maximum absolute atomic E-state index is 14.4. The largest absolute Gasteiger partial charge is 0.325 e. The fourth-order valence-corrected chi connectivity index (χ4v) is 3.43. The lowest BCUT2D eigenvalue weighted by Gasteiger charge is -2.28. The van der Waals surface area contributed by atoms with Gasteiger partial charge in [-0.3, -0.25) is 4.79 Å². The van der Waals surface area contributed by atoms with Crippen LogP contribution in [0.25, 0.3) is 0 Å². The highest BCUT2D eigenvalue weighted by molar-refractivity contribution is 6.04. The Balaban J connectivity index is 1.61. The Kier molecular flexibility index (Phi) is 3.99. The molecule has 5 heteroatoms. The molecule has 0 N–H and O–H groups in total. The Morgan fingerprint density at radius 3 is 2.96 bits per heavy atom. The molecule has 0 saturated heterocycles. The van der Waals surface area contributed by atoms with Crippen molar-refractivity contribution in [1.82, 2.24) is 9.55 Å². The number of hydrogen-bond donors (Lipinski definition) is 0. The molecule has 0 saturated carbocycles. The van der Waals surface area contributed by atoms with Gasteiger partial charge in [0.25, 0.3) is 5.91 Å². The smallest absolute Gasteiger partial charge is 0.294 e. The highest BCUT2D eigenvalue weighted by Gasteiger charge is 2.29. The number of benzene rings is 1. The normalized spacial score (nSPS) is 16.8. The predicted octanol–water partition coefficient (Wildman–Crippen LogP) is 3.81. The van der Waals surface area contributed by atoms with Crippen molar-refractivity contribution in [2.75, 3.05) is 11.4 Å². The predicted molar refractivity (Wildman–Crippen MR) is 95.2 cm³/mol. The third-order valence-corrected chi connectivity index (χ3v) is 4.80. The van der Waals surface area contributed by atoms with Crippen molar-refractivity contribution in [2.24, 2.45) is 0 Å². The second-order valence-electron chi connectivity index (χ2n) is 6.58. The lowest BCUT2D eigenvalue weighted by molar-refractivity contribution is 0.0958. The van der Waals surface area contributed by atoms with Crippen LogP contribution in [0.2, 0.25) is 0 Å². The van der Waals surface area contributed by atoms with E-state index in [1.807, 2.05) is 10.8 Å². The summed E-state index contributed by atoms with van der Waals surface area (Å²) in [5.41, 5.74) is 3.10. The first-order valence-electron chi connectivity index (χ1n) is 8.61. The maximum Gasteiger partial charge on any atom is 0.294 e. The molecule has 25 heavy (non-hydrogen) atoms. The highest BCUT2D eigenvalue weighted by atomic mass is 19.1. The fraction of sp³-hybridized carbons (Fsp3) is 0.300. The molecule has 2 aromatic rings. The molecule has 1 aliphatic carbocycles. The number of allylic oxidation sites excluding steroid dienone is 4. The van der Waals surface area contributed by atoms with Crippen LogP contribution >= 0.6 is 0 Å². The number of halogens is 1. The molecule has 1 aliphatic heterocycles. The molecular formula is C20H20FN3O. The van der Waals surface area contributed by atoms with Gasteiger partial charge in [0.05, 0.1) is 11.4 Å². The van der Waals surface area contributed by atoms with Crippen LogP contribution in [0.15, 0.2) is 48.2 Å². The number of anilines is 1. The minimum Gasteiger partial charge on any atom is -0.325 e. The molecule has 4 rings (SSSR count). The van der Waals surface area contributed by atoms with E-state index >= 15 is 0 Å². The number of nitrogens with zero attached hydrogens (tertiary/aromatic N) is 3. The second-order valence-corrected chi connectivity index (χ2v) is 6.58. The minimum absolute atomic E-state index is 0.237. The molecule has 0 bridgehead atoms. The summed E-state index contributed by atoms with van der Waals surface area (Å²) in [5, 5.41) is 0. The van der Waals surface area contributed by atoms with E-state index < -0.39 is 0 Å². The molecular weight excluding hydrogens is 317 g/mol. The van der Waals surface area contributed by atoms with Gasteiger partial charge in [-0.25, -0.2) is 9.37 Å². The van der Waals surface area contributed by atoms with Gasteiger partial charge >= 0.3 is 0 Å². The number of hydrogen-bond acceptors (Lipinski definition) is 2. The van der Waals surface area contributed by atoms with Crippen LogP contribution in [0.1, 0.15) is 34.7 Å². The van der Waals surface area contributed by atoms with Crippen LogP contribution in [0.5, 0.6) is 0 Å². The Morgan fingerprint density at radius 2 is 2.16 bits per heavy atom. The van der Waals surface area contributed by atoms with Gasteiger partial charge in [-0.05, 0) is 31.4 Å². The molecule has 1 aromatic heterocycles. The quantitative estimate of drug-likeness (QED) is 0.854. The monoisotopic (exact) mass is 337 g/mol. The number of rotatable bonds is 3. The van der Waals surface area contributed by atoms with Gasteiger partial charge < -0.3 is 9.47 Å². The summed E-state index contributed by atoms with van der Waals surface area (Å²) in [6, 6.07) is 5.13. The first-order valence-corrected chi connectivity index (χ1v) is 8.61. The molecule has 0 atom stereocenters. The lowest BCUT2D eigenvalue weighted by Crippen LogP contribution is -2.41.